The zero-order valence-electron chi connectivity index (χ0n) is 14.5. The molecule has 0 N–H and O–H groups in total. The summed E-state index contributed by atoms with van der Waals surface area (Å²) in [5.41, 5.74) is 1.75. The second kappa shape index (κ2) is 7.00. The number of aromatic nitrogens is 2. The van der Waals surface area contributed by atoms with E-state index >= 15 is 0 Å². The summed E-state index contributed by atoms with van der Waals surface area (Å²) < 4.78 is 10.9. The van der Waals surface area contributed by atoms with Crippen molar-refractivity contribution in [2.45, 2.75) is 19.3 Å². The number of ether oxygens (including phenoxy) is 1. The van der Waals surface area contributed by atoms with Crippen LogP contribution in [0.4, 0.5) is 5.69 Å². The lowest BCUT2D eigenvalue weighted by Gasteiger charge is -2.16. The van der Waals surface area contributed by atoms with Gasteiger partial charge in [-0.3, -0.25) is 4.79 Å². The molecule has 6 nitrogen and oxygen atoms in total. The molecule has 6 heteroatoms. The number of benzene rings is 2. The lowest BCUT2D eigenvalue weighted by atomic mass is 10.1. The Hall–Kier alpha value is -3.15. The lowest BCUT2D eigenvalue weighted by molar-refractivity contribution is -0.117. The van der Waals surface area contributed by atoms with Crippen LogP contribution >= 0.6 is 0 Å². The van der Waals surface area contributed by atoms with Gasteiger partial charge in [-0.05, 0) is 31.2 Å². The van der Waals surface area contributed by atoms with Crippen molar-refractivity contribution < 1.29 is 14.1 Å². The average Bonchev–Trinajstić information content (AvgIpc) is 3.30. The highest BCUT2D eigenvalue weighted by Crippen LogP contribution is 2.32. The Morgan fingerprint density at radius 3 is 2.65 bits per heavy atom. The molecule has 1 fully saturated rings. The van der Waals surface area contributed by atoms with E-state index in [2.05, 4.69) is 10.1 Å². The van der Waals surface area contributed by atoms with E-state index in [4.69, 9.17) is 9.26 Å². The number of carbonyl (C=O) groups excluding carboxylic acids is 1. The van der Waals surface area contributed by atoms with Crippen LogP contribution in [0.5, 0.6) is 5.75 Å². The summed E-state index contributed by atoms with van der Waals surface area (Å²) >= 11 is 0. The van der Waals surface area contributed by atoms with Gasteiger partial charge in [0.1, 0.15) is 5.75 Å². The molecule has 2 heterocycles. The van der Waals surface area contributed by atoms with E-state index in [1.54, 1.807) is 4.90 Å². The quantitative estimate of drug-likeness (QED) is 0.703. The van der Waals surface area contributed by atoms with E-state index in [0.717, 1.165) is 17.0 Å². The van der Waals surface area contributed by atoms with Gasteiger partial charge in [-0.2, -0.15) is 4.98 Å². The molecule has 1 atom stereocenters. The Morgan fingerprint density at radius 1 is 1.15 bits per heavy atom. The zero-order valence-corrected chi connectivity index (χ0v) is 14.5. The third-order valence-electron chi connectivity index (χ3n) is 4.41. The Labute approximate surface area is 151 Å². The molecule has 0 spiro atoms. The largest absolute Gasteiger partial charge is 0.494 e. The van der Waals surface area contributed by atoms with Crippen LogP contribution in [-0.2, 0) is 4.79 Å². The van der Waals surface area contributed by atoms with Crippen LogP contribution in [0.2, 0.25) is 0 Å². The second-order valence-corrected chi connectivity index (χ2v) is 6.15. The fourth-order valence-corrected chi connectivity index (χ4v) is 3.12. The van der Waals surface area contributed by atoms with Crippen molar-refractivity contribution in [2.75, 3.05) is 18.1 Å². The fourth-order valence-electron chi connectivity index (χ4n) is 3.12. The molecule has 1 aliphatic rings. The van der Waals surface area contributed by atoms with E-state index in [1.165, 1.54) is 0 Å². The summed E-state index contributed by atoms with van der Waals surface area (Å²) in [7, 11) is 0. The van der Waals surface area contributed by atoms with Gasteiger partial charge in [-0.1, -0.05) is 35.5 Å². The van der Waals surface area contributed by atoms with Crippen molar-refractivity contribution in [1.29, 1.82) is 0 Å². The molecule has 0 radical (unpaired) electrons. The fraction of sp³-hybridized carbons (Fsp3) is 0.250. The predicted octanol–water partition coefficient (Wildman–Crippen LogP) is 3.66. The van der Waals surface area contributed by atoms with E-state index in [0.29, 0.717) is 31.3 Å². The molecule has 4 rings (SSSR count). The molecule has 1 aromatic heterocycles. The van der Waals surface area contributed by atoms with E-state index in [1.807, 2.05) is 61.5 Å². The third-order valence-corrected chi connectivity index (χ3v) is 4.41. The summed E-state index contributed by atoms with van der Waals surface area (Å²) in [5.74, 6) is 1.81. The number of amides is 1. The van der Waals surface area contributed by atoms with Gasteiger partial charge in [-0.15, -0.1) is 0 Å². The average molecular weight is 349 g/mol. The Morgan fingerprint density at radius 2 is 1.92 bits per heavy atom. The highest BCUT2D eigenvalue weighted by Gasteiger charge is 2.35. The minimum atomic E-state index is -0.0981. The molecule has 1 aliphatic heterocycles. The number of carbonyl (C=O) groups is 1. The Kier molecular flexibility index (Phi) is 4.39. The van der Waals surface area contributed by atoms with E-state index < -0.39 is 0 Å². The molecule has 2 aromatic carbocycles. The topological polar surface area (TPSA) is 68.5 Å². The standard InChI is InChI=1S/C20H19N3O3/c1-2-25-17-10-8-16(9-11-17)23-13-15(12-18(23)24)20-21-19(22-26-20)14-6-4-3-5-7-14/h3-11,15H,2,12-13H2,1H3. The second-order valence-electron chi connectivity index (χ2n) is 6.15. The first-order chi connectivity index (χ1) is 12.7. The van der Waals surface area contributed by atoms with Gasteiger partial charge in [0.05, 0.1) is 12.5 Å². The van der Waals surface area contributed by atoms with Crippen LogP contribution in [-0.4, -0.2) is 29.2 Å². The van der Waals surface area contributed by atoms with Crippen LogP contribution in [0.1, 0.15) is 25.2 Å². The van der Waals surface area contributed by atoms with Gasteiger partial charge in [-0.25, -0.2) is 0 Å². The Balaban J connectivity index is 1.50. The summed E-state index contributed by atoms with van der Waals surface area (Å²) in [6.07, 6.45) is 0.365. The third kappa shape index (κ3) is 3.18. The smallest absolute Gasteiger partial charge is 0.232 e. The van der Waals surface area contributed by atoms with E-state index in [9.17, 15) is 4.79 Å². The maximum Gasteiger partial charge on any atom is 0.232 e. The maximum atomic E-state index is 12.5. The van der Waals surface area contributed by atoms with Crippen molar-refractivity contribution in [1.82, 2.24) is 10.1 Å². The van der Waals surface area contributed by atoms with Gasteiger partial charge in [0.2, 0.25) is 17.6 Å². The summed E-state index contributed by atoms with van der Waals surface area (Å²) in [5, 5.41) is 4.05. The first-order valence-corrected chi connectivity index (χ1v) is 8.67. The highest BCUT2D eigenvalue weighted by molar-refractivity contribution is 5.96. The van der Waals surface area contributed by atoms with Gasteiger partial charge >= 0.3 is 0 Å². The molecule has 1 unspecified atom stereocenters. The first-order valence-electron chi connectivity index (χ1n) is 8.67. The summed E-state index contributed by atoms with van der Waals surface area (Å²) in [6, 6.07) is 17.2. The maximum absolute atomic E-state index is 12.5. The Bertz CT molecular complexity index is 890. The summed E-state index contributed by atoms with van der Waals surface area (Å²) in [4.78, 5) is 18.7. The van der Waals surface area contributed by atoms with Gasteiger partial charge in [0.15, 0.2) is 0 Å². The first kappa shape index (κ1) is 16.3. The molecule has 0 bridgehead atoms. The van der Waals surface area contributed by atoms with Crippen LogP contribution in [0.15, 0.2) is 59.1 Å². The number of nitrogens with zero attached hydrogens (tertiary/aromatic N) is 3. The molecule has 3 aromatic rings. The molecular formula is C20H19N3O3. The van der Waals surface area contributed by atoms with Crippen LogP contribution < -0.4 is 9.64 Å². The monoisotopic (exact) mass is 349 g/mol. The predicted molar refractivity (Wildman–Crippen MR) is 97.1 cm³/mol. The lowest BCUT2D eigenvalue weighted by Crippen LogP contribution is -2.24. The van der Waals surface area contributed by atoms with Crippen molar-refractivity contribution in [3.05, 3.63) is 60.5 Å². The molecule has 0 saturated carbocycles. The van der Waals surface area contributed by atoms with Crippen LogP contribution in [0.3, 0.4) is 0 Å². The SMILES string of the molecule is CCOc1ccc(N2CC(c3nc(-c4ccccc4)no3)CC2=O)cc1. The number of hydrogen-bond donors (Lipinski definition) is 0. The normalized spacial score (nSPS) is 16.9. The van der Waals surface area contributed by atoms with E-state index in [-0.39, 0.29) is 11.8 Å². The molecular weight excluding hydrogens is 330 g/mol. The van der Waals surface area contributed by atoms with Crippen molar-refractivity contribution >= 4 is 11.6 Å². The van der Waals surface area contributed by atoms with Crippen LogP contribution in [0, 0.1) is 0 Å². The molecule has 1 saturated heterocycles. The molecule has 0 aliphatic carbocycles. The summed E-state index contributed by atoms with van der Waals surface area (Å²) in [6.45, 7) is 3.09. The van der Waals surface area contributed by atoms with Crippen molar-refractivity contribution in [3.63, 3.8) is 0 Å². The number of anilines is 1. The zero-order chi connectivity index (χ0) is 17.9. The minimum absolute atomic E-state index is 0.0543. The van der Waals surface area contributed by atoms with Gasteiger partial charge in [0.25, 0.3) is 0 Å². The number of rotatable bonds is 5. The molecule has 1 amide bonds. The molecule has 26 heavy (non-hydrogen) atoms. The minimum Gasteiger partial charge on any atom is -0.494 e. The van der Waals surface area contributed by atoms with Crippen molar-refractivity contribution in [3.8, 4) is 17.1 Å². The van der Waals surface area contributed by atoms with Crippen molar-refractivity contribution in [2.24, 2.45) is 0 Å². The van der Waals surface area contributed by atoms with Gasteiger partial charge in [0, 0.05) is 24.2 Å². The number of hydrogen-bond acceptors (Lipinski definition) is 5. The highest BCUT2D eigenvalue weighted by atomic mass is 16.5. The molecule has 132 valence electrons. The van der Waals surface area contributed by atoms with Crippen LogP contribution in [0.25, 0.3) is 11.4 Å². The van der Waals surface area contributed by atoms with Gasteiger partial charge < -0.3 is 14.2 Å².